The summed E-state index contributed by atoms with van der Waals surface area (Å²) in [5, 5.41) is 5.47. The number of anilines is 1. The van der Waals surface area contributed by atoms with E-state index in [1.807, 2.05) is 0 Å². The molecule has 27 heavy (non-hydrogen) atoms. The summed E-state index contributed by atoms with van der Waals surface area (Å²) in [6.45, 7) is -0.885. The van der Waals surface area contributed by atoms with Crippen LogP contribution < -0.4 is 15.4 Å². The van der Waals surface area contributed by atoms with Crippen LogP contribution in [0.1, 0.15) is 10.4 Å². The average molecular weight is 411 g/mol. The van der Waals surface area contributed by atoms with Crippen molar-refractivity contribution >= 4 is 46.7 Å². The Kier molecular flexibility index (Phi) is 7.45. The first kappa shape index (κ1) is 20.5. The molecule has 9 heteroatoms. The standard InChI is InChI=1S/C18H16Cl2N2O5/c1-26-13-4-2-3-12(8-13)22-16(23)10-27-17(24)9-21-18(25)11-5-6-14(19)15(20)7-11/h2-8H,9-10H2,1H3,(H,21,25)(H,22,23). The molecule has 0 unspecified atom stereocenters. The third-order valence-electron chi connectivity index (χ3n) is 3.29. The minimum Gasteiger partial charge on any atom is -0.497 e. The number of esters is 1. The number of hydrogen-bond acceptors (Lipinski definition) is 5. The van der Waals surface area contributed by atoms with Crippen LogP contribution in [0.3, 0.4) is 0 Å². The van der Waals surface area contributed by atoms with Crippen LogP contribution in [-0.4, -0.2) is 38.0 Å². The van der Waals surface area contributed by atoms with Crippen LogP contribution in [0.5, 0.6) is 5.75 Å². The van der Waals surface area contributed by atoms with E-state index in [0.717, 1.165) is 0 Å². The molecule has 2 N–H and O–H groups in total. The Bertz CT molecular complexity index is 857. The fourth-order valence-electron chi connectivity index (χ4n) is 1.99. The van der Waals surface area contributed by atoms with Crippen molar-refractivity contribution < 1.29 is 23.9 Å². The van der Waals surface area contributed by atoms with Gasteiger partial charge < -0.3 is 20.1 Å². The van der Waals surface area contributed by atoms with Gasteiger partial charge >= 0.3 is 5.97 Å². The number of amides is 2. The molecule has 2 rings (SSSR count). The summed E-state index contributed by atoms with van der Waals surface area (Å²) < 4.78 is 9.86. The van der Waals surface area contributed by atoms with Gasteiger partial charge in [-0.15, -0.1) is 0 Å². The molecule has 2 amide bonds. The minimum absolute atomic E-state index is 0.223. The van der Waals surface area contributed by atoms with Gasteiger partial charge in [-0.25, -0.2) is 0 Å². The minimum atomic E-state index is -0.760. The van der Waals surface area contributed by atoms with Gasteiger partial charge in [0.05, 0.1) is 17.2 Å². The maximum Gasteiger partial charge on any atom is 0.325 e. The van der Waals surface area contributed by atoms with Crippen molar-refractivity contribution in [2.45, 2.75) is 0 Å². The Hall–Kier alpha value is -2.77. The lowest BCUT2D eigenvalue weighted by Crippen LogP contribution is -2.32. The van der Waals surface area contributed by atoms with Crippen LogP contribution in [0.4, 0.5) is 5.69 Å². The lowest BCUT2D eigenvalue weighted by molar-refractivity contribution is -0.146. The zero-order valence-corrected chi connectivity index (χ0v) is 15.8. The summed E-state index contributed by atoms with van der Waals surface area (Å²) in [6.07, 6.45) is 0. The Morgan fingerprint density at radius 2 is 1.81 bits per heavy atom. The molecule has 0 spiro atoms. The lowest BCUT2D eigenvalue weighted by Gasteiger charge is -2.09. The van der Waals surface area contributed by atoms with E-state index < -0.39 is 30.9 Å². The Balaban J connectivity index is 1.75. The smallest absolute Gasteiger partial charge is 0.325 e. The molecule has 7 nitrogen and oxygen atoms in total. The van der Waals surface area contributed by atoms with Crippen molar-refractivity contribution in [3.05, 3.63) is 58.1 Å². The third kappa shape index (κ3) is 6.47. The monoisotopic (exact) mass is 410 g/mol. The summed E-state index contributed by atoms with van der Waals surface area (Å²) in [6, 6.07) is 11.0. The lowest BCUT2D eigenvalue weighted by atomic mass is 10.2. The molecule has 2 aromatic carbocycles. The second-order valence-corrected chi connectivity index (χ2v) is 6.07. The molecular weight excluding hydrogens is 395 g/mol. The molecule has 0 aromatic heterocycles. The van der Waals surface area contributed by atoms with Crippen LogP contribution in [-0.2, 0) is 14.3 Å². The van der Waals surface area contributed by atoms with E-state index in [-0.39, 0.29) is 10.6 Å². The third-order valence-corrected chi connectivity index (χ3v) is 4.03. The highest BCUT2D eigenvalue weighted by Crippen LogP contribution is 2.22. The SMILES string of the molecule is COc1cccc(NC(=O)COC(=O)CNC(=O)c2ccc(Cl)c(Cl)c2)c1. The number of carbonyl (C=O) groups is 3. The topological polar surface area (TPSA) is 93.7 Å². The molecule has 0 saturated heterocycles. The van der Waals surface area contributed by atoms with Gasteiger partial charge in [0.25, 0.3) is 11.8 Å². The summed E-state index contributed by atoms with van der Waals surface area (Å²) in [7, 11) is 1.51. The second-order valence-electron chi connectivity index (χ2n) is 5.25. The molecule has 142 valence electrons. The van der Waals surface area contributed by atoms with E-state index >= 15 is 0 Å². The van der Waals surface area contributed by atoms with Gasteiger partial charge in [-0.3, -0.25) is 14.4 Å². The first-order chi connectivity index (χ1) is 12.9. The fraction of sp³-hybridized carbons (Fsp3) is 0.167. The van der Waals surface area contributed by atoms with Gasteiger partial charge in [-0.05, 0) is 30.3 Å². The van der Waals surface area contributed by atoms with Crippen molar-refractivity contribution in [2.24, 2.45) is 0 Å². The van der Waals surface area contributed by atoms with Gasteiger partial charge in [0.1, 0.15) is 12.3 Å². The highest BCUT2D eigenvalue weighted by molar-refractivity contribution is 6.42. The van der Waals surface area contributed by atoms with E-state index in [4.69, 9.17) is 32.7 Å². The predicted molar refractivity (Wildman–Crippen MR) is 101 cm³/mol. The predicted octanol–water partition coefficient (Wildman–Crippen LogP) is 2.91. The Morgan fingerprint density at radius 3 is 2.52 bits per heavy atom. The van der Waals surface area contributed by atoms with Gasteiger partial charge in [0, 0.05) is 17.3 Å². The van der Waals surface area contributed by atoms with Crippen molar-refractivity contribution in [2.75, 3.05) is 25.6 Å². The van der Waals surface area contributed by atoms with Gasteiger partial charge in [-0.1, -0.05) is 29.3 Å². The number of hydrogen-bond donors (Lipinski definition) is 2. The van der Waals surface area contributed by atoms with Crippen molar-refractivity contribution in [1.82, 2.24) is 5.32 Å². The fourth-order valence-corrected chi connectivity index (χ4v) is 2.28. The normalized spacial score (nSPS) is 10.0. The number of benzene rings is 2. The summed E-state index contributed by atoms with van der Waals surface area (Å²) in [5.41, 5.74) is 0.747. The first-order valence-electron chi connectivity index (χ1n) is 7.72. The van der Waals surface area contributed by atoms with Crippen molar-refractivity contribution in [3.63, 3.8) is 0 Å². The zero-order valence-electron chi connectivity index (χ0n) is 14.3. The second kappa shape index (κ2) is 9.80. The van der Waals surface area contributed by atoms with E-state index in [1.54, 1.807) is 24.3 Å². The molecule has 0 bridgehead atoms. The van der Waals surface area contributed by atoms with Crippen molar-refractivity contribution in [1.29, 1.82) is 0 Å². The number of methoxy groups -OCH3 is 1. The Labute approximate surface area is 165 Å². The molecule has 0 heterocycles. The van der Waals surface area contributed by atoms with Crippen LogP contribution in [0.15, 0.2) is 42.5 Å². The summed E-state index contributed by atoms with van der Waals surface area (Å²) >= 11 is 11.6. The van der Waals surface area contributed by atoms with Crippen LogP contribution >= 0.6 is 23.2 Å². The van der Waals surface area contributed by atoms with Crippen molar-refractivity contribution in [3.8, 4) is 5.75 Å². The van der Waals surface area contributed by atoms with E-state index in [2.05, 4.69) is 10.6 Å². The van der Waals surface area contributed by atoms with Crippen LogP contribution in [0.2, 0.25) is 10.0 Å². The number of nitrogens with one attached hydrogen (secondary N) is 2. The molecule has 0 saturated carbocycles. The molecule has 0 fully saturated rings. The van der Waals surface area contributed by atoms with E-state index in [9.17, 15) is 14.4 Å². The molecule has 0 aliphatic heterocycles. The Morgan fingerprint density at radius 1 is 1.04 bits per heavy atom. The molecule has 0 aliphatic rings. The zero-order chi connectivity index (χ0) is 19.8. The highest BCUT2D eigenvalue weighted by Gasteiger charge is 2.12. The molecule has 2 aromatic rings. The van der Waals surface area contributed by atoms with Gasteiger partial charge in [0.2, 0.25) is 0 Å². The number of ether oxygens (including phenoxy) is 2. The quantitative estimate of drug-likeness (QED) is 0.684. The van der Waals surface area contributed by atoms with Crippen LogP contribution in [0, 0.1) is 0 Å². The number of carbonyl (C=O) groups excluding carboxylic acids is 3. The number of rotatable bonds is 7. The molecule has 0 radical (unpaired) electrons. The first-order valence-corrected chi connectivity index (χ1v) is 8.47. The average Bonchev–Trinajstić information content (AvgIpc) is 2.66. The highest BCUT2D eigenvalue weighted by atomic mass is 35.5. The van der Waals surface area contributed by atoms with E-state index in [0.29, 0.717) is 16.5 Å². The van der Waals surface area contributed by atoms with Gasteiger partial charge in [0.15, 0.2) is 6.61 Å². The van der Waals surface area contributed by atoms with E-state index in [1.165, 1.54) is 25.3 Å². The largest absolute Gasteiger partial charge is 0.497 e. The number of halogens is 2. The van der Waals surface area contributed by atoms with Gasteiger partial charge in [-0.2, -0.15) is 0 Å². The maximum absolute atomic E-state index is 11.9. The van der Waals surface area contributed by atoms with Crippen LogP contribution in [0.25, 0.3) is 0 Å². The molecular formula is C18H16Cl2N2O5. The summed E-state index contributed by atoms with van der Waals surface area (Å²) in [5.74, 6) is -1.22. The summed E-state index contributed by atoms with van der Waals surface area (Å²) in [4.78, 5) is 35.4. The molecule has 0 aliphatic carbocycles. The molecule has 0 atom stereocenters. The maximum atomic E-state index is 11.9.